The zero-order chi connectivity index (χ0) is 35.6. The molecule has 0 aliphatic carbocycles. The summed E-state index contributed by atoms with van der Waals surface area (Å²) >= 11 is 0. The van der Waals surface area contributed by atoms with Crippen LogP contribution in [-0.4, -0.2) is 4.57 Å². The van der Waals surface area contributed by atoms with Crippen molar-refractivity contribution in [3.8, 4) is 33.4 Å². The maximum Gasteiger partial charge on any atom is 0.0540 e. The third-order valence-electron chi connectivity index (χ3n) is 10.3. The van der Waals surface area contributed by atoms with Gasteiger partial charge in [0.2, 0.25) is 0 Å². The number of benzene rings is 7. The lowest BCUT2D eigenvalue weighted by Gasteiger charge is -2.16. The standard InChI is InChI=1S/C51H41N/c1-5-7-19-44(6-2)52-36(4)35(3)45-29-25-38(33-50(45)52)23-22-37-24-26-42-34-43(28-27-41(42)32-37)47-20-14-21-49-46(39-15-10-8-11-16-39)30-31-48(51(47)49)40-17-12-9-13-18-40/h5-34H,2H2,1,3-4H3/b7-5-,23-22+,44-19+. The van der Waals surface area contributed by atoms with Crippen LogP contribution in [0.4, 0.5) is 0 Å². The molecule has 1 nitrogen and oxygen atoms in total. The molecule has 0 aliphatic heterocycles. The highest BCUT2D eigenvalue weighted by Crippen LogP contribution is 2.41. The zero-order valence-electron chi connectivity index (χ0n) is 30.0. The molecular weight excluding hydrogens is 627 g/mol. The highest BCUT2D eigenvalue weighted by atomic mass is 15.0. The number of hydrogen-bond acceptors (Lipinski definition) is 0. The first-order valence-corrected chi connectivity index (χ1v) is 18.0. The lowest BCUT2D eigenvalue weighted by molar-refractivity contribution is 1.08. The van der Waals surface area contributed by atoms with E-state index in [1.165, 1.54) is 82.6 Å². The number of aromatic nitrogens is 1. The molecule has 0 fully saturated rings. The molecule has 0 unspecified atom stereocenters. The van der Waals surface area contributed by atoms with Crippen LogP contribution in [0.15, 0.2) is 176 Å². The van der Waals surface area contributed by atoms with Crippen LogP contribution >= 0.6 is 0 Å². The van der Waals surface area contributed by atoms with Crippen molar-refractivity contribution in [3.05, 3.63) is 199 Å². The van der Waals surface area contributed by atoms with Crippen LogP contribution in [-0.2, 0) is 0 Å². The Balaban J connectivity index is 1.17. The van der Waals surface area contributed by atoms with Crippen LogP contribution in [0.2, 0.25) is 0 Å². The molecule has 0 atom stereocenters. The van der Waals surface area contributed by atoms with Gasteiger partial charge in [-0.15, -0.1) is 0 Å². The van der Waals surface area contributed by atoms with Crippen molar-refractivity contribution in [2.45, 2.75) is 20.8 Å². The molecule has 250 valence electrons. The molecule has 0 spiro atoms. The summed E-state index contributed by atoms with van der Waals surface area (Å²) in [5.74, 6) is 0. The summed E-state index contributed by atoms with van der Waals surface area (Å²) in [5, 5.41) is 6.25. The molecule has 0 saturated heterocycles. The SMILES string of the molecule is C=C/C(=C\C=C/C)n1c(C)c(C)c2ccc(/C=C/c3ccc4cc(-c5cccc6c(-c7ccccc7)ccc(-c7ccccc7)c56)ccc4c3)cc21. The highest BCUT2D eigenvalue weighted by Gasteiger charge is 2.15. The van der Waals surface area contributed by atoms with E-state index in [0.29, 0.717) is 0 Å². The van der Waals surface area contributed by atoms with Gasteiger partial charge in [-0.3, -0.25) is 0 Å². The molecule has 0 amide bonds. The van der Waals surface area contributed by atoms with Gasteiger partial charge in [-0.05, 0) is 123 Å². The number of fused-ring (bicyclic) bond motifs is 3. The molecule has 0 aliphatic rings. The lowest BCUT2D eigenvalue weighted by Crippen LogP contribution is -1.97. The van der Waals surface area contributed by atoms with Crippen LogP contribution in [0.5, 0.6) is 0 Å². The fraction of sp³-hybridized carbons (Fsp3) is 0.0588. The summed E-state index contributed by atoms with van der Waals surface area (Å²) in [6.45, 7) is 10.5. The van der Waals surface area contributed by atoms with E-state index in [0.717, 1.165) is 11.3 Å². The van der Waals surface area contributed by atoms with Crippen LogP contribution in [0.3, 0.4) is 0 Å². The van der Waals surface area contributed by atoms with E-state index in [2.05, 4.69) is 195 Å². The molecule has 0 radical (unpaired) electrons. The predicted octanol–water partition coefficient (Wildman–Crippen LogP) is 14.3. The lowest BCUT2D eigenvalue weighted by atomic mass is 9.87. The number of nitrogens with zero attached hydrogens (tertiary/aromatic N) is 1. The minimum Gasteiger partial charge on any atom is -0.314 e. The highest BCUT2D eigenvalue weighted by molar-refractivity contribution is 6.12. The Morgan fingerprint density at radius 1 is 0.558 bits per heavy atom. The summed E-state index contributed by atoms with van der Waals surface area (Å²) in [6, 6.07) is 53.1. The van der Waals surface area contributed by atoms with Crippen molar-refractivity contribution in [2.24, 2.45) is 0 Å². The van der Waals surface area contributed by atoms with Gasteiger partial charge in [-0.2, -0.15) is 0 Å². The van der Waals surface area contributed by atoms with E-state index >= 15 is 0 Å². The van der Waals surface area contributed by atoms with E-state index < -0.39 is 0 Å². The van der Waals surface area contributed by atoms with Gasteiger partial charge in [0.25, 0.3) is 0 Å². The molecule has 1 heterocycles. The Kier molecular flexibility index (Phi) is 8.85. The average Bonchev–Trinajstić information content (AvgIpc) is 3.45. The van der Waals surface area contributed by atoms with Gasteiger partial charge >= 0.3 is 0 Å². The first-order valence-electron chi connectivity index (χ1n) is 18.0. The smallest absolute Gasteiger partial charge is 0.0540 e. The first-order chi connectivity index (χ1) is 25.5. The Hall–Kier alpha value is -6.44. The second kappa shape index (κ2) is 14.1. The van der Waals surface area contributed by atoms with Crippen molar-refractivity contribution < 1.29 is 0 Å². The van der Waals surface area contributed by atoms with Crippen molar-refractivity contribution in [3.63, 3.8) is 0 Å². The average molecular weight is 668 g/mol. The quantitative estimate of drug-likeness (QED) is 0.112. The van der Waals surface area contributed by atoms with Crippen LogP contribution in [0.1, 0.15) is 29.3 Å². The summed E-state index contributed by atoms with van der Waals surface area (Å²) in [6.07, 6.45) is 12.6. The summed E-state index contributed by atoms with van der Waals surface area (Å²) < 4.78 is 2.31. The summed E-state index contributed by atoms with van der Waals surface area (Å²) in [4.78, 5) is 0. The number of hydrogen-bond donors (Lipinski definition) is 0. The molecule has 1 aromatic heterocycles. The number of aryl methyl sites for hydroxylation is 1. The Labute approximate surface area is 306 Å². The van der Waals surface area contributed by atoms with Gasteiger partial charge in [-0.25, -0.2) is 0 Å². The molecule has 0 saturated carbocycles. The van der Waals surface area contributed by atoms with E-state index in [1.807, 2.05) is 19.1 Å². The normalized spacial score (nSPS) is 12.2. The third-order valence-corrected chi connectivity index (χ3v) is 10.3. The largest absolute Gasteiger partial charge is 0.314 e. The van der Waals surface area contributed by atoms with Crippen molar-refractivity contribution >= 4 is 50.3 Å². The molecule has 8 rings (SSSR count). The summed E-state index contributed by atoms with van der Waals surface area (Å²) in [7, 11) is 0. The summed E-state index contributed by atoms with van der Waals surface area (Å²) in [5.41, 5.74) is 14.5. The van der Waals surface area contributed by atoms with Crippen LogP contribution in [0.25, 0.3) is 83.7 Å². The molecular formula is C51H41N. The fourth-order valence-corrected chi connectivity index (χ4v) is 7.56. The van der Waals surface area contributed by atoms with Crippen LogP contribution < -0.4 is 0 Å². The number of allylic oxidation sites excluding steroid dienone is 5. The predicted molar refractivity (Wildman–Crippen MR) is 227 cm³/mol. The molecule has 1 heteroatoms. The van der Waals surface area contributed by atoms with Crippen molar-refractivity contribution in [1.82, 2.24) is 4.57 Å². The van der Waals surface area contributed by atoms with Gasteiger partial charge in [0.15, 0.2) is 0 Å². The molecule has 0 N–H and O–H groups in total. The topological polar surface area (TPSA) is 4.93 Å². The Bertz CT molecular complexity index is 2700. The molecule has 7 aromatic carbocycles. The van der Waals surface area contributed by atoms with E-state index in [-0.39, 0.29) is 0 Å². The molecule has 52 heavy (non-hydrogen) atoms. The second-order valence-corrected chi connectivity index (χ2v) is 13.4. The van der Waals surface area contributed by atoms with Crippen LogP contribution in [0, 0.1) is 13.8 Å². The van der Waals surface area contributed by atoms with Gasteiger partial charge < -0.3 is 4.57 Å². The number of rotatable bonds is 8. The first kappa shape index (κ1) is 32.7. The Morgan fingerprint density at radius 3 is 1.92 bits per heavy atom. The monoisotopic (exact) mass is 667 g/mol. The van der Waals surface area contributed by atoms with E-state index in [4.69, 9.17) is 0 Å². The van der Waals surface area contributed by atoms with Crippen molar-refractivity contribution in [1.29, 1.82) is 0 Å². The second-order valence-electron chi connectivity index (χ2n) is 13.4. The van der Waals surface area contributed by atoms with Gasteiger partial charge in [0, 0.05) is 16.8 Å². The fourth-order valence-electron chi connectivity index (χ4n) is 7.56. The minimum absolute atomic E-state index is 1.07. The maximum atomic E-state index is 4.10. The zero-order valence-corrected chi connectivity index (χ0v) is 30.0. The maximum absolute atomic E-state index is 4.10. The third kappa shape index (κ3) is 6.01. The molecule has 8 aromatic rings. The van der Waals surface area contributed by atoms with E-state index in [1.54, 1.807) is 0 Å². The van der Waals surface area contributed by atoms with Crippen molar-refractivity contribution in [2.75, 3.05) is 0 Å². The van der Waals surface area contributed by atoms with Gasteiger partial charge in [0.05, 0.1) is 5.52 Å². The van der Waals surface area contributed by atoms with Gasteiger partial charge in [-0.1, -0.05) is 158 Å². The minimum atomic E-state index is 1.07. The Morgan fingerprint density at radius 2 is 1.19 bits per heavy atom. The van der Waals surface area contributed by atoms with E-state index in [9.17, 15) is 0 Å². The molecule has 0 bridgehead atoms. The van der Waals surface area contributed by atoms with Gasteiger partial charge in [0.1, 0.15) is 0 Å².